The Morgan fingerprint density at radius 2 is 1.08 bits per heavy atom. The van der Waals surface area contributed by atoms with Crippen molar-refractivity contribution in [1.82, 2.24) is 0 Å². The fourth-order valence-electron chi connectivity index (χ4n) is 5.46. The number of hydrogen-bond acceptors (Lipinski definition) is 4. The van der Waals surface area contributed by atoms with Crippen LogP contribution in [0.15, 0.2) is 0 Å². The normalized spacial score (nSPS) is 15.8. The van der Waals surface area contributed by atoms with Gasteiger partial charge in [0.1, 0.15) is 0 Å². The summed E-state index contributed by atoms with van der Waals surface area (Å²) in [6.07, 6.45) is 13.7. The zero-order chi connectivity index (χ0) is 27.6. The first-order valence-electron chi connectivity index (χ1n) is 14.4. The zero-order valence-electron chi connectivity index (χ0n) is 23.3. The van der Waals surface area contributed by atoms with Crippen molar-refractivity contribution in [3.63, 3.8) is 0 Å². The van der Waals surface area contributed by atoms with Crippen LogP contribution in [0.4, 0.5) is 0 Å². The van der Waals surface area contributed by atoms with E-state index in [9.17, 15) is 32.8 Å². The van der Waals surface area contributed by atoms with Crippen molar-refractivity contribution in [2.24, 2.45) is 17.8 Å². The molecule has 7 nitrogen and oxygen atoms in total. The molecule has 0 spiro atoms. The van der Waals surface area contributed by atoms with Gasteiger partial charge in [0.2, 0.25) is 4.75 Å². The average molecular weight is 559 g/mol. The Morgan fingerprint density at radius 3 is 1.46 bits per heavy atom. The average Bonchev–Trinajstić information content (AvgIpc) is 2.81. The van der Waals surface area contributed by atoms with Crippen molar-refractivity contribution < 1.29 is 32.8 Å². The van der Waals surface area contributed by atoms with Gasteiger partial charge >= 0.3 is 41.5 Å². The molecular formula is C28H55NaO7S. The molecule has 4 atom stereocenters. The van der Waals surface area contributed by atoms with E-state index >= 15 is 0 Å². The number of unbranched alkanes of at least 4 members (excludes halogenated alkanes) is 8. The SMILES string of the molecule is CCCCCCC(CCCC)CC(C(=O)O)C(CC(CCCC)CCCCCC)(C(=O)O)S(=O)(=O)O.[NaH]. The minimum atomic E-state index is -5.20. The molecule has 3 N–H and O–H groups in total. The van der Waals surface area contributed by atoms with Gasteiger partial charge in [0.25, 0.3) is 10.1 Å². The van der Waals surface area contributed by atoms with Crippen LogP contribution in [-0.2, 0) is 19.7 Å². The van der Waals surface area contributed by atoms with Gasteiger partial charge in [-0.1, -0.05) is 130 Å². The van der Waals surface area contributed by atoms with Crippen molar-refractivity contribution >= 4 is 51.6 Å². The van der Waals surface area contributed by atoms with E-state index in [2.05, 4.69) is 13.8 Å². The molecule has 4 unspecified atom stereocenters. The van der Waals surface area contributed by atoms with Crippen LogP contribution in [0.25, 0.3) is 0 Å². The summed E-state index contributed by atoms with van der Waals surface area (Å²) in [5.41, 5.74) is 0. The molecule has 0 aromatic heterocycles. The molecule has 0 aliphatic carbocycles. The van der Waals surface area contributed by atoms with E-state index in [1.54, 1.807) is 0 Å². The zero-order valence-corrected chi connectivity index (χ0v) is 24.2. The molecule has 0 saturated heterocycles. The Hall–Kier alpha value is -0.150. The standard InChI is InChI=1S/C28H54O7S.Na.H/c1-5-9-13-15-19-23(17-11-7-3)21-25(26(29)30)28(27(31)32,36(33,34)35)22-24(18-12-8-4)20-16-14-10-6-2;;/h23-25H,5-22H2,1-4H3,(H,29,30)(H,31,32)(H,33,34,35);;. The summed E-state index contributed by atoms with van der Waals surface area (Å²) >= 11 is 0. The van der Waals surface area contributed by atoms with E-state index in [1.165, 1.54) is 0 Å². The summed E-state index contributed by atoms with van der Waals surface area (Å²) in [6.45, 7) is 8.26. The van der Waals surface area contributed by atoms with Crippen molar-refractivity contribution in [3.8, 4) is 0 Å². The number of carboxylic acid groups (broad SMARTS) is 2. The molecule has 37 heavy (non-hydrogen) atoms. The molecule has 0 aromatic rings. The first-order valence-corrected chi connectivity index (χ1v) is 15.9. The fourth-order valence-corrected chi connectivity index (χ4v) is 6.68. The Kier molecular flexibility index (Phi) is 22.8. The minimum absolute atomic E-state index is 0. The predicted octanol–water partition coefficient (Wildman–Crippen LogP) is 7.08. The Morgan fingerprint density at radius 1 is 0.676 bits per heavy atom. The predicted molar refractivity (Wildman–Crippen MR) is 153 cm³/mol. The summed E-state index contributed by atoms with van der Waals surface area (Å²) in [4.78, 5) is 25.2. The molecule has 0 aliphatic rings. The van der Waals surface area contributed by atoms with Crippen molar-refractivity contribution in [2.75, 3.05) is 0 Å². The van der Waals surface area contributed by atoms with Gasteiger partial charge < -0.3 is 10.2 Å². The summed E-state index contributed by atoms with van der Waals surface area (Å²) in [5, 5.41) is 20.5. The molecule has 0 radical (unpaired) electrons. The third-order valence-electron chi connectivity index (χ3n) is 7.71. The van der Waals surface area contributed by atoms with Crippen LogP contribution in [0.1, 0.15) is 143 Å². The van der Waals surface area contributed by atoms with Crippen LogP contribution in [-0.4, -0.2) is 69.4 Å². The molecule has 0 heterocycles. The molecule has 9 heteroatoms. The summed E-state index contributed by atoms with van der Waals surface area (Å²) in [7, 11) is -5.20. The summed E-state index contributed by atoms with van der Waals surface area (Å²) < 4.78 is 33.3. The van der Waals surface area contributed by atoms with Crippen LogP contribution in [0, 0.1) is 17.8 Å². The number of rotatable bonds is 24. The maximum atomic E-state index is 12.8. The second-order valence-electron chi connectivity index (χ2n) is 10.7. The Bertz CT molecular complexity index is 713. The molecule has 216 valence electrons. The number of carbonyl (C=O) groups is 2. The summed E-state index contributed by atoms with van der Waals surface area (Å²) in [5.74, 6) is -5.27. The van der Waals surface area contributed by atoms with Gasteiger partial charge in [-0.25, -0.2) is 0 Å². The second kappa shape index (κ2) is 21.6. The maximum absolute atomic E-state index is 12.8. The van der Waals surface area contributed by atoms with Gasteiger partial charge in [-0.3, -0.25) is 14.1 Å². The molecule has 0 rings (SSSR count). The quantitative estimate of drug-likeness (QED) is 0.0655. The van der Waals surface area contributed by atoms with Crippen LogP contribution < -0.4 is 0 Å². The van der Waals surface area contributed by atoms with Crippen LogP contribution >= 0.6 is 0 Å². The molecule has 0 aromatic carbocycles. The first-order chi connectivity index (χ1) is 17.0. The monoisotopic (exact) mass is 558 g/mol. The van der Waals surface area contributed by atoms with Crippen molar-refractivity contribution in [2.45, 2.75) is 148 Å². The fraction of sp³-hybridized carbons (Fsp3) is 0.929. The van der Waals surface area contributed by atoms with Gasteiger partial charge in [-0.2, -0.15) is 8.42 Å². The molecule has 0 saturated carbocycles. The van der Waals surface area contributed by atoms with Gasteiger partial charge in [0.15, 0.2) is 0 Å². The van der Waals surface area contributed by atoms with Gasteiger partial charge in [-0.05, 0) is 24.7 Å². The molecule has 0 amide bonds. The molecule has 0 aliphatic heterocycles. The van der Waals surface area contributed by atoms with E-state index in [0.717, 1.165) is 89.9 Å². The van der Waals surface area contributed by atoms with E-state index in [4.69, 9.17) is 0 Å². The van der Waals surface area contributed by atoms with E-state index < -0.39 is 32.7 Å². The van der Waals surface area contributed by atoms with E-state index in [0.29, 0.717) is 12.8 Å². The van der Waals surface area contributed by atoms with Crippen molar-refractivity contribution in [1.29, 1.82) is 0 Å². The van der Waals surface area contributed by atoms with Crippen molar-refractivity contribution in [3.05, 3.63) is 0 Å². The number of hydrogen-bond donors (Lipinski definition) is 3. The van der Waals surface area contributed by atoms with Crippen LogP contribution in [0.3, 0.4) is 0 Å². The summed E-state index contributed by atoms with van der Waals surface area (Å²) in [6, 6.07) is 0. The third kappa shape index (κ3) is 14.2. The van der Waals surface area contributed by atoms with Crippen LogP contribution in [0.5, 0.6) is 0 Å². The molecule has 0 fully saturated rings. The third-order valence-corrected chi connectivity index (χ3v) is 9.25. The number of carboxylic acids is 2. The second-order valence-corrected chi connectivity index (χ2v) is 12.4. The van der Waals surface area contributed by atoms with E-state index in [-0.39, 0.29) is 54.2 Å². The molecule has 0 bridgehead atoms. The topological polar surface area (TPSA) is 129 Å². The van der Waals surface area contributed by atoms with Gasteiger partial charge in [0, 0.05) is 0 Å². The van der Waals surface area contributed by atoms with E-state index in [1.807, 2.05) is 13.8 Å². The molecular weight excluding hydrogens is 503 g/mol. The van der Waals surface area contributed by atoms with Gasteiger partial charge in [0.05, 0.1) is 5.92 Å². The first kappa shape index (κ1) is 39.0. The Balaban J connectivity index is 0. The van der Waals surface area contributed by atoms with Gasteiger partial charge in [-0.15, -0.1) is 0 Å². The Labute approximate surface area is 249 Å². The van der Waals surface area contributed by atoms with Crippen LogP contribution in [0.2, 0.25) is 0 Å². The number of aliphatic carboxylic acids is 2.